The van der Waals surface area contributed by atoms with Crippen LogP contribution in [0.25, 0.3) is 0 Å². The molecule has 0 aliphatic heterocycles. The van der Waals surface area contributed by atoms with E-state index >= 15 is 0 Å². The van der Waals surface area contributed by atoms with E-state index in [0.717, 1.165) is 17.0 Å². The Balaban J connectivity index is 3.22. The smallest absolute Gasteiger partial charge is 0.120 e. The summed E-state index contributed by atoms with van der Waals surface area (Å²) >= 11 is 5.16. The number of hydrogen-bond acceptors (Lipinski definition) is 5. The van der Waals surface area contributed by atoms with Crippen LogP contribution in [0.4, 0.5) is 5.69 Å². The maximum atomic E-state index is 5.85. The molecule has 0 aromatic heterocycles. The molecule has 21 heavy (non-hydrogen) atoms. The number of thiocarbonyl (C=S) groups is 1. The van der Waals surface area contributed by atoms with Crippen LogP contribution in [0, 0.1) is 0 Å². The molecule has 6 heteroatoms. The minimum atomic E-state index is 0.158. The Kier molecular flexibility index (Phi) is 7.42. The second-order valence-electron chi connectivity index (χ2n) is 4.74. The second kappa shape index (κ2) is 8.81. The molecule has 0 radical (unpaired) electrons. The van der Waals surface area contributed by atoms with Gasteiger partial charge in [-0.1, -0.05) is 12.2 Å². The zero-order valence-corrected chi connectivity index (χ0v) is 13.9. The van der Waals surface area contributed by atoms with Gasteiger partial charge in [0.25, 0.3) is 0 Å². The van der Waals surface area contributed by atoms with Crippen molar-refractivity contribution in [1.29, 1.82) is 0 Å². The van der Waals surface area contributed by atoms with Crippen LogP contribution < -0.4 is 15.4 Å². The molecule has 1 aromatic carbocycles. The van der Waals surface area contributed by atoms with Gasteiger partial charge in [0.1, 0.15) is 10.7 Å². The van der Waals surface area contributed by atoms with Crippen LogP contribution in [0.15, 0.2) is 18.2 Å². The Bertz CT molecular complexity index is 468. The Morgan fingerprint density at radius 2 is 2.00 bits per heavy atom. The monoisotopic (exact) mass is 312 g/mol. The molecule has 0 aliphatic carbocycles. The van der Waals surface area contributed by atoms with Gasteiger partial charge < -0.3 is 24.8 Å². The zero-order valence-electron chi connectivity index (χ0n) is 13.1. The Labute approximate surface area is 132 Å². The second-order valence-corrected chi connectivity index (χ2v) is 5.18. The molecule has 1 atom stereocenters. The van der Waals surface area contributed by atoms with Crippen molar-refractivity contribution >= 4 is 22.9 Å². The molecule has 2 N–H and O–H groups in total. The van der Waals surface area contributed by atoms with Gasteiger partial charge in [0.15, 0.2) is 0 Å². The molecule has 0 bridgehead atoms. The Hall–Kier alpha value is -1.37. The number of hydrogen-bond donors (Lipinski definition) is 1. The number of anilines is 1. The third kappa shape index (κ3) is 4.84. The van der Waals surface area contributed by atoms with Crippen molar-refractivity contribution in [2.45, 2.75) is 13.0 Å². The van der Waals surface area contributed by atoms with Gasteiger partial charge in [-0.2, -0.15) is 0 Å². The first-order chi connectivity index (χ1) is 10.0. The predicted octanol–water partition coefficient (Wildman–Crippen LogP) is 1.82. The first kappa shape index (κ1) is 17.7. The van der Waals surface area contributed by atoms with Crippen molar-refractivity contribution < 1.29 is 14.2 Å². The van der Waals surface area contributed by atoms with E-state index < -0.39 is 0 Å². The maximum Gasteiger partial charge on any atom is 0.120 e. The van der Waals surface area contributed by atoms with Crippen molar-refractivity contribution in [2.75, 3.05) is 46.0 Å². The molecule has 0 heterocycles. The number of methoxy groups -OCH3 is 3. The van der Waals surface area contributed by atoms with Crippen molar-refractivity contribution in [3.05, 3.63) is 23.8 Å². The molecule has 0 spiro atoms. The van der Waals surface area contributed by atoms with Crippen molar-refractivity contribution in [3.63, 3.8) is 0 Å². The molecule has 1 aromatic rings. The average Bonchev–Trinajstić information content (AvgIpc) is 2.47. The highest BCUT2D eigenvalue weighted by Crippen LogP contribution is 2.28. The van der Waals surface area contributed by atoms with Crippen LogP contribution >= 0.6 is 12.2 Å². The van der Waals surface area contributed by atoms with E-state index in [1.54, 1.807) is 21.3 Å². The van der Waals surface area contributed by atoms with Gasteiger partial charge in [-0.3, -0.25) is 0 Å². The highest BCUT2D eigenvalue weighted by atomic mass is 32.1. The molecule has 1 rings (SSSR count). The SMILES string of the molecule is COCCN(c1cc(OC)ccc1C(N)=S)C(C)COC. The van der Waals surface area contributed by atoms with Crippen molar-refractivity contribution in [2.24, 2.45) is 5.73 Å². The highest BCUT2D eigenvalue weighted by molar-refractivity contribution is 7.80. The van der Waals surface area contributed by atoms with Gasteiger partial charge in [-0.05, 0) is 19.1 Å². The molecule has 118 valence electrons. The Morgan fingerprint density at radius 3 is 2.52 bits per heavy atom. The summed E-state index contributed by atoms with van der Waals surface area (Å²) in [6.45, 7) is 3.99. The lowest BCUT2D eigenvalue weighted by atomic mass is 10.1. The summed E-state index contributed by atoms with van der Waals surface area (Å²) < 4.78 is 15.8. The molecule has 0 saturated heterocycles. The van der Waals surface area contributed by atoms with Crippen LogP contribution in [0.1, 0.15) is 12.5 Å². The molecule has 5 nitrogen and oxygen atoms in total. The van der Waals surface area contributed by atoms with E-state index in [4.69, 9.17) is 32.2 Å². The van der Waals surface area contributed by atoms with Gasteiger partial charge >= 0.3 is 0 Å². The summed E-state index contributed by atoms with van der Waals surface area (Å²) in [5.74, 6) is 0.761. The minimum absolute atomic E-state index is 0.158. The highest BCUT2D eigenvalue weighted by Gasteiger charge is 2.19. The fourth-order valence-electron chi connectivity index (χ4n) is 2.18. The quantitative estimate of drug-likeness (QED) is 0.702. The topological polar surface area (TPSA) is 57.0 Å². The summed E-state index contributed by atoms with van der Waals surface area (Å²) in [6.07, 6.45) is 0. The fourth-order valence-corrected chi connectivity index (χ4v) is 2.36. The maximum absolute atomic E-state index is 5.85. The van der Waals surface area contributed by atoms with Crippen LogP contribution in [-0.2, 0) is 9.47 Å². The average molecular weight is 312 g/mol. The van der Waals surface area contributed by atoms with Gasteiger partial charge in [-0.25, -0.2) is 0 Å². The van der Waals surface area contributed by atoms with Gasteiger partial charge in [0.2, 0.25) is 0 Å². The number of nitrogens with two attached hydrogens (primary N) is 1. The molecule has 1 unspecified atom stereocenters. The summed E-state index contributed by atoms with van der Waals surface area (Å²) in [5, 5.41) is 0. The predicted molar refractivity (Wildman–Crippen MR) is 89.4 cm³/mol. The Morgan fingerprint density at radius 1 is 1.29 bits per heavy atom. The van der Waals surface area contributed by atoms with Crippen LogP contribution in [0.5, 0.6) is 5.75 Å². The molecule has 0 aliphatic rings. The van der Waals surface area contributed by atoms with Gasteiger partial charge in [0.05, 0.1) is 26.0 Å². The zero-order chi connectivity index (χ0) is 15.8. The van der Waals surface area contributed by atoms with E-state index in [0.29, 0.717) is 24.7 Å². The van der Waals surface area contributed by atoms with E-state index in [9.17, 15) is 0 Å². The summed E-state index contributed by atoms with van der Waals surface area (Å²) in [6, 6.07) is 5.84. The lowest BCUT2D eigenvalue weighted by Gasteiger charge is -2.32. The molecule has 0 amide bonds. The standard InChI is InChI=1S/C15H24N2O3S/c1-11(10-19-3)17(7-8-18-2)14-9-12(20-4)5-6-13(14)15(16)21/h5-6,9,11H,7-8,10H2,1-4H3,(H2,16,21). The van der Waals surface area contributed by atoms with E-state index in [2.05, 4.69) is 11.8 Å². The number of rotatable bonds is 9. The van der Waals surface area contributed by atoms with Crippen LogP contribution in [0.2, 0.25) is 0 Å². The van der Waals surface area contributed by atoms with Crippen molar-refractivity contribution in [1.82, 2.24) is 0 Å². The summed E-state index contributed by atoms with van der Waals surface area (Å²) in [7, 11) is 5.00. The number of nitrogens with zero attached hydrogens (tertiary/aromatic N) is 1. The lowest BCUT2D eigenvalue weighted by molar-refractivity contribution is 0.171. The first-order valence-electron chi connectivity index (χ1n) is 6.77. The van der Waals surface area contributed by atoms with Crippen molar-refractivity contribution in [3.8, 4) is 5.75 Å². The van der Waals surface area contributed by atoms with Gasteiger partial charge in [0, 0.05) is 38.4 Å². The van der Waals surface area contributed by atoms with Crippen LogP contribution in [-0.4, -0.2) is 52.1 Å². The number of ether oxygens (including phenoxy) is 3. The summed E-state index contributed by atoms with van der Waals surface area (Å²) in [5.41, 5.74) is 7.61. The van der Waals surface area contributed by atoms with Crippen LogP contribution in [0.3, 0.4) is 0 Å². The molecule has 0 saturated carbocycles. The molecular weight excluding hydrogens is 288 g/mol. The fraction of sp³-hybridized carbons (Fsp3) is 0.533. The summed E-state index contributed by atoms with van der Waals surface area (Å²) in [4.78, 5) is 2.53. The first-order valence-corrected chi connectivity index (χ1v) is 7.18. The van der Waals surface area contributed by atoms with E-state index in [1.165, 1.54) is 0 Å². The third-order valence-electron chi connectivity index (χ3n) is 3.26. The molecular formula is C15H24N2O3S. The molecule has 0 fully saturated rings. The third-order valence-corrected chi connectivity index (χ3v) is 3.48. The van der Waals surface area contributed by atoms with E-state index in [-0.39, 0.29) is 6.04 Å². The normalized spacial score (nSPS) is 12.0. The van der Waals surface area contributed by atoms with E-state index in [1.807, 2.05) is 18.2 Å². The largest absolute Gasteiger partial charge is 0.497 e. The lowest BCUT2D eigenvalue weighted by Crippen LogP contribution is -2.39. The number of benzene rings is 1. The van der Waals surface area contributed by atoms with Gasteiger partial charge in [-0.15, -0.1) is 0 Å². The minimum Gasteiger partial charge on any atom is -0.497 e.